The SMILES string of the molecule is CS[Se]c1ccccc1CO. The molecule has 0 radical (unpaired) electrons. The van der Waals surface area contributed by atoms with Crippen molar-refractivity contribution in [3.8, 4) is 0 Å². The van der Waals surface area contributed by atoms with E-state index in [1.54, 1.807) is 0 Å². The summed E-state index contributed by atoms with van der Waals surface area (Å²) in [6.07, 6.45) is 2.09. The summed E-state index contributed by atoms with van der Waals surface area (Å²) >= 11 is 0.458. The first-order valence-electron chi connectivity index (χ1n) is 3.28. The molecule has 0 saturated carbocycles. The van der Waals surface area contributed by atoms with Gasteiger partial charge in [0.1, 0.15) is 0 Å². The van der Waals surface area contributed by atoms with Gasteiger partial charge in [0.25, 0.3) is 0 Å². The van der Waals surface area contributed by atoms with Gasteiger partial charge in [0.15, 0.2) is 0 Å². The molecule has 0 aliphatic rings. The summed E-state index contributed by atoms with van der Waals surface area (Å²) in [5, 5.41) is 8.95. The molecule has 1 rings (SSSR count). The van der Waals surface area contributed by atoms with Crippen molar-refractivity contribution in [3.05, 3.63) is 29.8 Å². The summed E-state index contributed by atoms with van der Waals surface area (Å²) in [6, 6.07) is 8.05. The zero-order valence-corrected chi connectivity index (χ0v) is 8.81. The summed E-state index contributed by atoms with van der Waals surface area (Å²) in [5.41, 5.74) is 1.07. The Kier molecular flexibility index (Phi) is 4.02. The fourth-order valence-electron chi connectivity index (χ4n) is 0.806. The van der Waals surface area contributed by atoms with Crippen LogP contribution in [0.2, 0.25) is 0 Å². The Morgan fingerprint density at radius 3 is 2.82 bits per heavy atom. The quantitative estimate of drug-likeness (QED) is 0.779. The molecule has 0 atom stereocenters. The van der Waals surface area contributed by atoms with E-state index in [2.05, 4.69) is 12.3 Å². The Bertz CT molecular complexity index is 227. The van der Waals surface area contributed by atoms with E-state index >= 15 is 0 Å². The Balaban J connectivity index is 2.83. The number of rotatable bonds is 3. The molecule has 0 saturated heterocycles. The molecule has 0 unspecified atom stereocenters. The van der Waals surface area contributed by atoms with Gasteiger partial charge >= 0.3 is 76.3 Å². The number of aliphatic hydroxyl groups excluding tert-OH is 1. The van der Waals surface area contributed by atoms with E-state index in [1.165, 1.54) is 4.46 Å². The second kappa shape index (κ2) is 4.83. The molecule has 1 N–H and O–H groups in total. The predicted molar refractivity (Wildman–Crippen MR) is 51.3 cm³/mol. The first kappa shape index (κ1) is 9.14. The maximum absolute atomic E-state index is 8.95. The molecule has 3 heteroatoms. The van der Waals surface area contributed by atoms with Crippen molar-refractivity contribution in [3.63, 3.8) is 0 Å². The van der Waals surface area contributed by atoms with Crippen LogP contribution in [0.4, 0.5) is 0 Å². The van der Waals surface area contributed by atoms with Gasteiger partial charge in [-0.1, -0.05) is 0 Å². The van der Waals surface area contributed by atoms with E-state index in [4.69, 9.17) is 5.11 Å². The molecule has 0 aliphatic carbocycles. The van der Waals surface area contributed by atoms with Gasteiger partial charge in [0, 0.05) is 0 Å². The third-order valence-corrected chi connectivity index (χ3v) is 4.68. The fourth-order valence-corrected chi connectivity index (χ4v) is 3.74. The standard InChI is InChI=1S/C8H10OSSe/c1-10-11-8-5-3-2-4-7(8)6-9/h2-5,9H,6H2,1H3. The molecule has 1 aromatic carbocycles. The minimum atomic E-state index is 0.165. The van der Waals surface area contributed by atoms with E-state index in [0.29, 0.717) is 13.8 Å². The third kappa shape index (κ3) is 2.53. The monoisotopic (exact) mass is 234 g/mol. The fraction of sp³-hybridized carbons (Fsp3) is 0.250. The van der Waals surface area contributed by atoms with Crippen LogP contribution in [0, 0.1) is 0 Å². The Morgan fingerprint density at radius 1 is 1.45 bits per heavy atom. The molecular weight excluding hydrogens is 223 g/mol. The number of hydrogen-bond donors (Lipinski definition) is 1. The zero-order valence-electron chi connectivity index (χ0n) is 6.28. The van der Waals surface area contributed by atoms with E-state index in [-0.39, 0.29) is 6.61 Å². The van der Waals surface area contributed by atoms with Gasteiger partial charge < -0.3 is 0 Å². The van der Waals surface area contributed by atoms with Crippen molar-refractivity contribution in [2.24, 2.45) is 0 Å². The first-order valence-corrected chi connectivity index (χ1v) is 7.38. The van der Waals surface area contributed by atoms with Gasteiger partial charge in [0.2, 0.25) is 0 Å². The molecular formula is C8H10OSSe. The molecule has 1 nitrogen and oxygen atoms in total. The summed E-state index contributed by atoms with van der Waals surface area (Å²) in [5.74, 6) is 0. The molecule has 11 heavy (non-hydrogen) atoms. The number of aliphatic hydroxyl groups is 1. The van der Waals surface area contributed by atoms with Crippen molar-refractivity contribution < 1.29 is 5.11 Å². The van der Waals surface area contributed by atoms with Gasteiger partial charge in [-0.15, -0.1) is 0 Å². The second-order valence-corrected chi connectivity index (χ2v) is 6.59. The van der Waals surface area contributed by atoms with Crippen LogP contribution in [0.15, 0.2) is 24.3 Å². The first-order chi connectivity index (χ1) is 5.38. The zero-order chi connectivity index (χ0) is 8.10. The Morgan fingerprint density at radius 2 is 2.18 bits per heavy atom. The summed E-state index contributed by atoms with van der Waals surface area (Å²) in [6.45, 7) is 0.165. The van der Waals surface area contributed by atoms with E-state index in [1.807, 2.05) is 28.4 Å². The number of benzene rings is 1. The maximum atomic E-state index is 8.95. The van der Waals surface area contributed by atoms with Crippen LogP contribution in [0.25, 0.3) is 0 Å². The van der Waals surface area contributed by atoms with Crippen LogP contribution in [0.5, 0.6) is 0 Å². The van der Waals surface area contributed by atoms with Crippen LogP contribution < -0.4 is 4.46 Å². The van der Waals surface area contributed by atoms with Gasteiger partial charge in [-0.25, -0.2) is 0 Å². The van der Waals surface area contributed by atoms with Crippen LogP contribution in [0.3, 0.4) is 0 Å². The van der Waals surface area contributed by atoms with Gasteiger partial charge in [-0.2, -0.15) is 0 Å². The molecule has 0 aliphatic heterocycles. The summed E-state index contributed by atoms with van der Waals surface area (Å²) < 4.78 is 1.30. The third-order valence-electron chi connectivity index (χ3n) is 1.32. The topological polar surface area (TPSA) is 20.2 Å². The molecule has 0 spiro atoms. The molecule has 60 valence electrons. The van der Waals surface area contributed by atoms with Crippen LogP contribution in [-0.2, 0) is 6.61 Å². The number of hydrogen-bond acceptors (Lipinski definition) is 2. The van der Waals surface area contributed by atoms with E-state index in [0.717, 1.165) is 5.56 Å². The van der Waals surface area contributed by atoms with Gasteiger partial charge in [0.05, 0.1) is 0 Å². The molecule has 1 aromatic rings. The Labute approximate surface area is 76.4 Å². The average molecular weight is 233 g/mol. The van der Waals surface area contributed by atoms with Crippen LogP contribution >= 0.6 is 10.2 Å². The molecule has 0 amide bonds. The molecule has 0 bridgehead atoms. The van der Waals surface area contributed by atoms with Crippen molar-refractivity contribution in [2.45, 2.75) is 6.61 Å². The van der Waals surface area contributed by atoms with Crippen LogP contribution in [-0.4, -0.2) is 25.2 Å². The van der Waals surface area contributed by atoms with Crippen molar-refractivity contribution >= 4 is 28.5 Å². The van der Waals surface area contributed by atoms with E-state index in [9.17, 15) is 0 Å². The predicted octanol–water partition coefficient (Wildman–Crippen LogP) is 0.786. The second-order valence-electron chi connectivity index (χ2n) is 2.02. The van der Waals surface area contributed by atoms with Gasteiger partial charge in [-0.3, -0.25) is 0 Å². The molecule has 0 aromatic heterocycles. The van der Waals surface area contributed by atoms with Gasteiger partial charge in [-0.05, 0) is 0 Å². The summed E-state index contributed by atoms with van der Waals surface area (Å²) in [7, 11) is 1.84. The summed E-state index contributed by atoms with van der Waals surface area (Å²) in [4.78, 5) is 0. The normalized spacial score (nSPS) is 10.0. The van der Waals surface area contributed by atoms with Crippen molar-refractivity contribution in [1.82, 2.24) is 0 Å². The average Bonchev–Trinajstić information content (AvgIpc) is 2.06. The minimum absolute atomic E-state index is 0.165. The molecule has 0 heterocycles. The van der Waals surface area contributed by atoms with Crippen molar-refractivity contribution in [1.29, 1.82) is 0 Å². The Hall–Kier alpha value is 0.0495. The molecule has 0 fully saturated rings. The van der Waals surface area contributed by atoms with E-state index < -0.39 is 0 Å². The van der Waals surface area contributed by atoms with Crippen LogP contribution in [0.1, 0.15) is 5.56 Å². The van der Waals surface area contributed by atoms with Crippen molar-refractivity contribution in [2.75, 3.05) is 6.26 Å².